The molecule has 0 unspecified atom stereocenters. The first-order valence-corrected chi connectivity index (χ1v) is 5.95. The Bertz CT molecular complexity index is 371. The first-order valence-electron chi connectivity index (χ1n) is 4.82. The molecule has 1 aromatic rings. The first-order chi connectivity index (χ1) is 7.36. The van der Waals surface area contributed by atoms with Gasteiger partial charge in [-0.2, -0.15) is 0 Å². The molecule has 0 fully saturated rings. The number of alkyl halides is 3. The Morgan fingerprint density at radius 3 is 2.50 bits per heavy atom. The molecule has 0 spiro atoms. The highest BCUT2D eigenvalue weighted by Crippen LogP contribution is 2.39. The number of hydrogen-bond acceptors (Lipinski definition) is 3. The topological polar surface area (TPSA) is 47.8 Å². The van der Waals surface area contributed by atoms with Gasteiger partial charge in [-0.25, -0.2) is 4.68 Å². The molecule has 1 rings (SSSR count). The molecule has 1 heterocycles. The minimum Gasteiger partial charge on any atom is -0.296 e. The quantitative estimate of drug-likeness (QED) is 0.631. The van der Waals surface area contributed by atoms with Gasteiger partial charge in [-0.3, -0.25) is 4.79 Å². The van der Waals surface area contributed by atoms with E-state index in [0.717, 1.165) is 6.42 Å². The standard InChI is InChI=1S/C9H12Cl3N3O/c1-6(2)3-4-15-8(9(10,11)12)7(5-16)13-14-15/h5-6H,3-4H2,1-2H3. The lowest BCUT2D eigenvalue weighted by molar-refractivity contribution is 0.111. The van der Waals surface area contributed by atoms with Crippen molar-refractivity contribution in [3.8, 4) is 0 Å². The molecule has 0 bridgehead atoms. The number of aromatic nitrogens is 3. The van der Waals surface area contributed by atoms with E-state index >= 15 is 0 Å². The van der Waals surface area contributed by atoms with Crippen LogP contribution in [0.2, 0.25) is 0 Å². The second-order valence-corrected chi connectivity index (χ2v) is 6.13. The highest BCUT2D eigenvalue weighted by Gasteiger charge is 2.32. The van der Waals surface area contributed by atoms with Crippen LogP contribution in [0.1, 0.15) is 36.5 Å². The van der Waals surface area contributed by atoms with Gasteiger partial charge in [-0.15, -0.1) is 5.10 Å². The lowest BCUT2D eigenvalue weighted by Gasteiger charge is -2.14. The van der Waals surface area contributed by atoms with Crippen molar-refractivity contribution in [1.82, 2.24) is 15.0 Å². The lowest BCUT2D eigenvalue weighted by Crippen LogP contribution is -2.15. The fraction of sp³-hybridized carbons (Fsp3) is 0.667. The highest BCUT2D eigenvalue weighted by molar-refractivity contribution is 6.66. The molecule has 1 aromatic heterocycles. The minimum atomic E-state index is -1.68. The van der Waals surface area contributed by atoms with Crippen molar-refractivity contribution in [2.24, 2.45) is 5.92 Å². The van der Waals surface area contributed by atoms with Gasteiger partial charge in [0.2, 0.25) is 3.79 Å². The van der Waals surface area contributed by atoms with Gasteiger partial charge < -0.3 is 0 Å². The SMILES string of the molecule is CC(C)CCn1nnc(C=O)c1C(Cl)(Cl)Cl. The molecule has 0 aromatic carbocycles. The Hall–Kier alpha value is -0.320. The summed E-state index contributed by atoms with van der Waals surface area (Å²) in [5, 5.41) is 7.48. The summed E-state index contributed by atoms with van der Waals surface area (Å²) in [7, 11) is 0. The molecule has 0 N–H and O–H groups in total. The van der Waals surface area contributed by atoms with Crippen LogP contribution in [0.3, 0.4) is 0 Å². The minimum absolute atomic E-state index is 0.0729. The van der Waals surface area contributed by atoms with E-state index in [2.05, 4.69) is 24.2 Å². The molecule has 16 heavy (non-hydrogen) atoms. The summed E-state index contributed by atoms with van der Waals surface area (Å²) >= 11 is 17.3. The number of hydrogen-bond donors (Lipinski definition) is 0. The van der Waals surface area contributed by atoms with Crippen molar-refractivity contribution in [3.05, 3.63) is 11.4 Å². The maximum atomic E-state index is 10.7. The predicted molar refractivity (Wildman–Crippen MR) is 64.1 cm³/mol. The zero-order valence-corrected chi connectivity index (χ0v) is 11.2. The number of rotatable bonds is 4. The van der Waals surface area contributed by atoms with Crippen LogP contribution >= 0.6 is 34.8 Å². The molecule has 0 atom stereocenters. The van der Waals surface area contributed by atoms with Crippen molar-refractivity contribution < 1.29 is 4.79 Å². The molecule has 0 amide bonds. The van der Waals surface area contributed by atoms with E-state index in [1.165, 1.54) is 4.68 Å². The molecule has 0 radical (unpaired) electrons. The van der Waals surface area contributed by atoms with Crippen molar-refractivity contribution in [2.45, 2.75) is 30.6 Å². The Kier molecular flexibility index (Phi) is 4.59. The van der Waals surface area contributed by atoms with Gasteiger partial charge in [0.1, 0.15) is 5.69 Å². The average Bonchev–Trinajstić information content (AvgIpc) is 2.56. The van der Waals surface area contributed by atoms with Gasteiger partial charge in [0.05, 0.1) is 0 Å². The van der Waals surface area contributed by atoms with Crippen LogP contribution in [0.4, 0.5) is 0 Å². The second-order valence-electron chi connectivity index (χ2n) is 3.84. The van der Waals surface area contributed by atoms with Crippen molar-refractivity contribution in [3.63, 3.8) is 0 Å². The summed E-state index contributed by atoms with van der Waals surface area (Å²) in [6.45, 7) is 4.72. The third kappa shape index (κ3) is 3.34. The summed E-state index contributed by atoms with van der Waals surface area (Å²) in [4.78, 5) is 10.7. The van der Waals surface area contributed by atoms with Crippen LogP contribution < -0.4 is 0 Å². The Morgan fingerprint density at radius 2 is 2.06 bits per heavy atom. The van der Waals surface area contributed by atoms with Crippen molar-refractivity contribution in [1.29, 1.82) is 0 Å². The fourth-order valence-corrected chi connectivity index (χ4v) is 1.82. The summed E-state index contributed by atoms with van der Waals surface area (Å²) in [5.41, 5.74) is 0.303. The van der Waals surface area contributed by atoms with Gasteiger partial charge >= 0.3 is 0 Å². The smallest absolute Gasteiger partial charge is 0.234 e. The number of aryl methyl sites for hydroxylation is 1. The molecule has 7 heteroatoms. The molecule has 90 valence electrons. The van der Waals surface area contributed by atoms with Crippen LogP contribution in [-0.4, -0.2) is 21.3 Å². The Balaban J connectivity index is 3.01. The van der Waals surface area contributed by atoms with E-state index in [1.807, 2.05) is 0 Å². The third-order valence-corrected chi connectivity index (χ3v) is 2.60. The van der Waals surface area contributed by atoms with Gasteiger partial charge in [0, 0.05) is 6.54 Å². The van der Waals surface area contributed by atoms with Crippen LogP contribution in [-0.2, 0) is 10.3 Å². The number of carbonyl (C=O) groups is 1. The zero-order valence-electron chi connectivity index (χ0n) is 8.95. The van der Waals surface area contributed by atoms with Crippen LogP contribution in [0.5, 0.6) is 0 Å². The second kappa shape index (κ2) is 5.34. The summed E-state index contributed by atoms with van der Waals surface area (Å²) in [5.74, 6) is 0.493. The van der Waals surface area contributed by atoms with Crippen molar-refractivity contribution >= 4 is 41.1 Å². The largest absolute Gasteiger partial charge is 0.296 e. The van der Waals surface area contributed by atoms with Crippen LogP contribution in [0.15, 0.2) is 0 Å². The summed E-state index contributed by atoms with van der Waals surface area (Å²) in [6.07, 6.45) is 1.41. The van der Waals surface area contributed by atoms with Gasteiger partial charge in [-0.05, 0) is 12.3 Å². The molecular weight excluding hydrogens is 272 g/mol. The lowest BCUT2D eigenvalue weighted by atomic mass is 10.1. The summed E-state index contributed by atoms with van der Waals surface area (Å²) < 4.78 is -0.215. The van der Waals surface area contributed by atoms with E-state index in [-0.39, 0.29) is 11.4 Å². The zero-order chi connectivity index (χ0) is 12.3. The molecule has 0 saturated carbocycles. The van der Waals surface area contributed by atoms with E-state index in [4.69, 9.17) is 34.8 Å². The molecule has 0 aliphatic carbocycles. The average molecular weight is 285 g/mol. The molecule has 4 nitrogen and oxygen atoms in total. The number of aldehydes is 1. The van der Waals surface area contributed by atoms with E-state index in [9.17, 15) is 4.79 Å². The molecule has 0 aliphatic heterocycles. The van der Waals surface area contributed by atoms with Gasteiger partial charge in [-0.1, -0.05) is 53.9 Å². The fourth-order valence-electron chi connectivity index (χ4n) is 1.23. The van der Waals surface area contributed by atoms with Crippen molar-refractivity contribution in [2.75, 3.05) is 0 Å². The van der Waals surface area contributed by atoms with Crippen LogP contribution in [0.25, 0.3) is 0 Å². The van der Waals surface area contributed by atoms with E-state index in [0.29, 0.717) is 18.7 Å². The molecule has 0 saturated heterocycles. The normalized spacial score (nSPS) is 12.1. The first kappa shape index (κ1) is 13.7. The third-order valence-electron chi connectivity index (χ3n) is 2.06. The number of halogens is 3. The van der Waals surface area contributed by atoms with Gasteiger partial charge in [0.15, 0.2) is 12.0 Å². The van der Waals surface area contributed by atoms with E-state index in [1.54, 1.807) is 0 Å². The maximum Gasteiger partial charge on any atom is 0.234 e. The Morgan fingerprint density at radius 1 is 1.44 bits per heavy atom. The summed E-state index contributed by atoms with van der Waals surface area (Å²) in [6, 6.07) is 0. The van der Waals surface area contributed by atoms with E-state index < -0.39 is 3.79 Å². The monoisotopic (exact) mass is 283 g/mol. The van der Waals surface area contributed by atoms with Crippen LogP contribution in [0, 0.1) is 5.92 Å². The number of nitrogens with zero attached hydrogens (tertiary/aromatic N) is 3. The van der Waals surface area contributed by atoms with Gasteiger partial charge in [0.25, 0.3) is 0 Å². The predicted octanol–water partition coefficient (Wildman–Crippen LogP) is 2.96. The highest BCUT2D eigenvalue weighted by atomic mass is 35.6. The molecule has 0 aliphatic rings. The maximum absolute atomic E-state index is 10.7. The number of carbonyl (C=O) groups excluding carboxylic acids is 1. The Labute approximate surface area is 109 Å². The molecular formula is C9H12Cl3N3O.